The Hall–Kier alpha value is -0.900. The fraction of sp³-hybridized carbons (Fsp3) is 0.286. The molecule has 2 atom stereocenters. The van der Waals surface area contributed by atoms with Gasteiger partial charge in [0, 0.05) is 16.0 Å². The summed E-state index contributed by atoms with van der Waals surface area (Å²) in [5.74, 6) is 1.81. The van der Waals surface area contributed by atoms with Crippen molar-refractivity contribution in [1.82, 2.24) is 0 Å². The van der Waals surface area contributed by atoms with Crippen molar-refractivity contribution < 1.29 is 4.42 Å². The van der Waals surface area contributed by atoms with Crippen molar-refractivity contribution in [1.29, 1.82) is 0 Å². The van der Waals surface area contributed by atoms with E-state index in [0.717, 1.165) is 21.4 Å². The molecule has 0 amide bonds. The van der Waals surface area contributed by atoms with Crippen LogP contribution in [-0.4, -0.2) is 6.04 Å². The van der Waals surface area contributed by atoms with Crippen LogP contribution < -0.4 is 5.73 Å². The van der Waals surface area contributed by atoms with Crippen molar-refractivity contribution in [2.45, 2.75) is 30.0 Å². The molecule has 2 rings (SSSR count). The van der Waals surface area contributed by atoms with Crippen LogP contribution in [0.3, 0.4) is 0 Å². The van der Waals surface area contributed by atoms with Crippen molar-refractivity contribution in [2.75, 3.05) is 0 Å². The molecule has 2 unspecified atom stereocenters. The maximum absolute atomic E-state index is 6.05. The minimum atomic E-state index is -0.000434. The highest BCUT2D eigenvalue weighted by atomic mass is 35.5. The van der Waals surface area contributed by atoms with Gasteiger partial charge in [0.2, 0.25) is 0 Å². The van der Waals surface area contributed by atoms with Crippen LogP contribution in [0.5, 0.6) is 0 Å². The molecule has 0 aliphatic rings. The van der Waals surface area contributed by atoms with E-state index in [-0.39, 0.29) is 11.3 Å². The van der Waals surface area contributed by atoms with Gasteiger partial charge in [0.25, 0.3) is 0 Å². The van der Waals surface area contributed by atoms with Crippen LogP contribution >= 0.6 is 23.4 Å². The third-order valence-corrected chi connectivity index (χ3v) is 4.25. The molecule has 0 radical (unpaired) electrons. The first-order chi connectivity index (χ1) is 8.56. The predicted molar refractivity (Wildman–Crippen MR) is 77.1 cm³/mol. The second-order valence-electron chi connectivity index (χ2n) is 4.30. The summed E-state index contributed by atoms with van der Waals surface area (Å²) in [6.45, 7) is 3.92. The number of hydrogen-bond donors (Lipinski definition) is 1. The summed E-state index contributed by atoms with van der Waals surface area (Å²) < 4.78 is 5.68. The number of benzene rings is 1. The van der Waals surface area contributed by atoms with Crippen LogP contribution in [0.4, 0.5) is 0 Å². The fourth-order valence-electron chi connectivity index (χ4n) is 1.72. The Labute approximate surface area is 117 Å². The van der Waals surface area contributed by atoms with E-state index < -0.39 is 0 Å². The van der Waals surface area contributed by atoms with Gasteiger partial charge in [-0.05, 0) is 44.2 Å². The summed E-state index contributed by atoms with van der Waals surface area (Å²) in [4.78, 5) is 1.10. The molecule has 1 aromatic carbocycles. The molecule has 0 saturated heterocycles. The molecule has 1 aromatic heterocycles. The SMILES string of the molecule is Cc1ccc(C(Sc2cccc(Cl)c2)C(C)N)o1. The lowest BCUT2D eigenvalue weighted by Crippen LogP contribution is -2.22. The van der Waals surface area contributed by atoms with Gasteiger partial charge in [0.15, 0.2) is 0 Å². The Kier molecular flexibility index (Phi) is 4.38. The van der Waals surface area contributed by atoms with E-state index in [1.807, 2.05) is 50.2 Å². The zero-order valence-electron chi connectivity index (χ0n) is 10.4. The Morgan fingerprint density at radius 2 is 2.06 bits per heavy atom. The lowest BCUT2D eigenvalue weighted by atomic mass is 10.2. The lowest BCUT2D eigenvalue weighted by Gasteiger charge is -2.18. The average Bonchev–Trinajstić information content (AvgIpc) is 2.72. The van der Waals surface area contributed by atoms with Crippen LogP contribution in [0.2, 0.25) is 5.02 Å². The summed E-state index contributed by atoms with van der Waals surface area (Å²) in [7, 11) is 0. The van der Waals surface area contributed by atoms with E-state index in [1.165, 1.54) is 0 Å². The number of nitrogens with two attached hydrogens (primary N) is 1. The van der Waals surface area contributed by atoms with Gasteiger partial charge in [-0.1, -0.05) is 17.7 Å². The topological polar surface area (TPSA) is 39.2 Å². The maximum atomic E-state index is 6.05. The summed E-state index contributed by atoms with van der Waals surface area (Å²) in [6.07, 6.45) is 0. The molecule has 18 heavy (non-hydrogen) atoms. The van der Waals surface area contributed by atoms with E-state index in [2.05, 4.69) is 0 Å². The van der Waals surface area contributed by atoms with Crippen molar-refractivity contribution in [3.8, 4) is 0 Å². The zero-order valence-corrected chi connectivity index (χ0v) is 12.0. The summed E-state index contributed by atoms with van der Waals surface area (Å²) in [6, 6.07) is 11.7. The Balaban J connectivity index is 2.22. The van der Waals surface area contributed by atoms with Crippen molar-refractivity contribution in [3.05, 3.63) is 52.9 Å². The Bertz CT molecular complexity index is 524. The van der Waals surface area contributed by atoms with Crippen LogP contribution in [-0.2, 0) is 0 Å². The maximum Gasteiger partial charge on any atom is 0.119 e. The Morgan fingerprint density at radius 1 is 1.28 bits per heavy atom. The highest BCUT2D eigenvalue weighted by molar-refractivity contribution is 7.99. The first-order valence-electron chi connectivity index (χ1n) is 5.80. The molecule has 2 nitrogen and oxygen atoms in total. The van der Waals surface area contributed by atoms with Gasteiger partial charge in [0.05, 0.1) is 5.25 Å². The van der Waals surface area contributed by atoms with E-state index in [1.54, 1.807) is 11.8 Å². The van der Waals surface area contributed by atoms with E-state index >= 15 is 0 Å². The fourth-order valence-corrected chi connectivity index (χ4v) is 3.08. The molecule has 0 fully saturated rings. The molecule has 0 saturated carbocycles. The molecule has 2 aromatic rings. The van der Waals surface area contributed by atoms with Gasteiger partial charge in [-0.3, -0.25) is 0 Å². The highest BCUT2D eigenvalue weighted by Crippen LogP contribution is 2.38. The molecule has 4 heteroatoms. The lowest BCUT2D eigenvalue weighted by molar-refractivity contribution is 0.465. The number of aryl methyl sites for hydroxylation is 1. The average molecular weight is 282 g/mol. The quantitative estimate of drug-likeness (QED) is 0.843. The van der Waals surface area contributed by atoms with Crippen molar-refractivity contribution in [3.63, 3.8) is 0 Å². The number of rotatable bonds is 4. The minimum absolute atomic E-state index is 0.000434. The highest BCUT2D eigenvalue weighted by Gasteiger charge is 2.21. The first kappa shape index (κ1) is 13.5. The molecular formula is C14H16ClNOS. The predicted octanol–water partition coefficient (Wildman–Crippen LogP) is 4.42. The van der Waals surface area contributed by atoms with Gasteiger partial charge in [-0.25, -0.2) is 0 Å². The molecule has 0 bridgehead atoms. The third kappa shape index (κ3) is 3.31. The van der Waals surface area contributed by atoms with Gasteiger partial charge < -0.3 is 10.2 Å². The molecular weight excluding hydrogens is 266 g/mol. The van der Waals surface area contributed by atoms with Crippen LogP contribution in [0, 0.1) is 6.92 Å². The number of thioether (sulfide) groups is 1. The normalized spacial score (nSPS) is 14.4. The summed E-state index contributed by atoms with van der Waals surface area (Å²) in [5, 5.41) is 0.830. The van der Waals surface area contributed by atoms with Crippen LogP contribution in [0.1, 0.15) is 23.7 Å². The molecule has 0 aliphatic carbocycles. The standard InChI is InChI=1S/C14H16ClNOS/c1-9-6-7-13(17-9)14(10(2)16)18-12-5-3-4-11(15)8-12/h3-8,10,14H,16H2,1-2H3. The number of furan rings is 1. The van der Waals surface area contributed by atoms with Crippen LogP contribution in [0.15, 0.2) is 45.7 Å². The number of halogens is 1. The Morgan fingerprint density at radius 3 is 2.61 bits per heavy atom. The van der Waals surface area contributed by atoms with Crippen LogP contribution in [0.25, 0.3) is 0 Å². The smallest absolute Gasteiger partial charge is 0.119 e. The zero-order chi connectivity index (χ0) is 13.1. The molecule has 0 aliphatic heterocycles. The third-order valence-electron chi connectivity index (χ3n) is 2.58. The monoisotopic (exact) mass is 281 g/mol. The van der Waals surface area contributed by atoms with Crippen molar-refractivity contribution >= 4 is 23.4 Å². The molecule has 0 spiro atoms. The van der Waals surface area contributed by atoms with Crippen molar-refractivity contribution in [2.24, 2.45) is 5.73 Å². The van der Waals surface area contributed by atoms with Gasteiger partial charge in [-0.15, -0.1) is 11.8 Å². The van der Waals surface area contributed by atoms with Gasteiger partial charge in [0.1, 0.15) is 11.5 Å². The largest absolute Gasteiger partial charge is 0.465 e. The second kappa shape index (κ2) is 5.83. The molecule has 1 heterocycles. The summed E-state index contributed by atoms with van der Waals surface area (Å²) >= 11 is 7.66. The van der Waals surface area contributed by atoms with Gasteiger partial charge >= 0.3 is 0 Å². The molecule has 96 valence electrons. The van der Waals surface area contributed by atoms with Gasteiger partial charge in [-0.2, -0.15) is 0 Å². The number of hydrogen-bond acceptors (Lipinski definition) is 3. The first-order valence-corrected chi connectivity index (χ1v) is 7.06. The second-order valence-corrected chi connectivity index (χ2v) is 5.95. The summed E-state index contributed by atoms with van der Waals surface area (Å²) in [5.41, 5.74) is 6.05. The minimum Gasteiger partial charge on any atom is -0.465 e. The van der Waals surface area contributed by atoms with E-state index in [0.29, 0.717) is 0 Å². The molecule has 2 N–H and O–H groups in total. The van der Waals surface area contributed by atoms with E-state index in [9.17, 15) is 0 Å². The van der Waals surface area contributed by atoms with E-state index in [4.69, 9.17) is 21.8 Å².